The normalized spacial score (nSPS) is 11.3. The molecule has 104 valence electrons. The Hall–Kier alpha value is -2.68. The number of hydrogen-bond donors (Lipinski definition) is 0. The van der Waals surface area contributed by atoms with Gasteiger partial charge in [-0.05, 0) is 37.1 Å². The van der Waals surface area contributed by atoms with Crippen molar-refractivity contribution in [1.82, 2.24) is 0 Å². The molecule has 3 heteroatoms. The molecule has 1 heterocycles. The topological polar surface area (TPSA) is 42.6 Å². The van der Waals surface area contributed by atoms with Crippen LogP contribution in [0.1, 0.15) is 16.7 Å². The second kappa shape index (κ2) is 5.37. The summed E-state index contributed by atoms with van der Waals surface area (Å²) in [6.07, 6.45) is 3.04. The molecule has 21 heavy (non-hydrogen) atoms. The van der Waals surface area contributed by atoms with E-state index in [4.69, 9.17) is 4.42 Å². The monoisotopic (exact) mass is 277 g/mol. The molecule has 3 rings (SSSR count). The highest BCUT2D eigenvalue weighted by molar-refractivity contribution is 5.87. The number of fused-ring (bicyclic) bond motifs is 1. The summed E-state index contributed by atoms with van der Waals surface area (Å²) in [5.41, 5.74) is 4.04. The fourth-order valence-corrected chi connectivity index (χ4v) is 2.33. The number of aryl methyl sites for hydroxylation is 2. The predicted octanol–water partition coefficient (Wildman–Crippen LogP) is 4.16. The predicted molar refractivity (Wildman–Crippen MR) is 85.7 cm³/mol. The minimum absolute atomic E-state index is 0.0631. The quantitative estimate of drug-likeness (QED) is 0.660. The molecular weight excluding hydrogens is 262 g/mol. The molecule has 0 spiro atoms. The maximum atomic E-state index is 12.4. The first-order valence-electron chi connectivity index (χ1n) is 6.77. The largest absolute Gasteiger partial charge is 0.463 e. The summed E-state index contributed by atoms with van der Waals surface area (Å²) in [4.78, 5) is 16.8. The standard InChI is InChI=1S/C18H15NO2/c1-12-6-5-7-13(2)17(12)19-10-14-11-21-16-9-4-3-8-15(16)18(14)20/h3-11H,1-2H3. The Kier molecular flexibility index (Phi) is 3.40. The third-order valence-electron chi connectivity index (χ3n) is 3.48. The number of aliphatic imine (C=N–C) groups is 1. The maximum absolute atomic E-state index is 12.4. The van der Waals surface area contributed by atoms with Crippen molar-refractivity contribution in [3.63, 3.8) is 0 Å². The molecule has 0 saturated heterocycles. The van der Waals surface area contributed by atoms with Gasteiger partial charge in [-0.15, -0.1) is 0 Å². The number of para-hydroxylation sites is 2. The highest BCUT2D eigenvalue weighted by Gasteiger charge is 2.05. The van der Waals surface area contributed by atoms with Gasteiger partial charge in [0.2, 0.25) is 5.43 Å². The Balaban J connectivity index is 2.08. The first kappa shape index (κ1) is 13.3. The summed E-state index contributed by atoms with van der Waals surface area (Å²) in [6, 6.07) is 13.2. The lowest BCUT2D eigenvalue weighted by molar-refractivity contribution is 0.601. The highest BCUT2D eigenvalue weighted by Crippen LogP contribution is 2.22. The minimum atomic E-state index is -0.0631. The van der Waals surface area contributed by atoms with Gasteiger partial charge in [0, 0.05) is 6.21 Å². The highest BCUT2D eigenvalue weighted by atomic mass is 16.3. The lowest BCUT2D eigenvalue weighted by Gasteiger charge is -2.03. The molecule has 0 aliphatic rings. The Morgan fingerprint density at radius 2 is 1.71 bits per heavy atom. The van der Waals surface area contributed by atoms with Crippen molar-refractivity contribution in [2.24, 2.45) is 4.99 Å². The second-order valence-electron chi connectivity index (χ2n) is 5.01. The van der Waals surface area contributed by atoms with E-state index < -0.39 is 0 Å². The molecule has 0 amide bonds. The molecule has 0 atom stereocenters. The van der Waals surface area contributed by atoms with E-state index in [0.29, 0.717) is 16.5 Å². The van der Waals surface area contributed by atoms with Crippen molar-refractivity contribution in [1.29, 1.82) is 0 Å². The Bertz CT molecular complexity index is 871. The minimum Gasteiger partial charge on any atom is -0.463 e. The first-order valence-corrected chi connectivity index (χ1v) is 6.77. The van der Waals surface area contributed by atoms with Gasteiger partial charge >= 0.3 is 0 Å². The summed E-state index contributed by atoms with van der Waals surface area (Å²) in [5.74, 6) is 0. The van der Waals surface area contributed by atoms with Crippen LogP contribution >= 0.6 is 0 Å². The molecule has 0 saturated carbocycles. The Morgan fingerprint density at radius 3 is 2.48 bits per heavy atom. The van der Waals surface area contributed by atoms with Gasteiger partial charge in [0.05, 0.1) is 16.6 Å². The van der Waals surface area contributed by atoms with Gasteiger partial charge in [-0.3, -0.25) is 9.79 Å². The molecule has 3 aromatic rings. The zero-order valence-corrected chi connectivity index (χ0v) is 12.0. The molecule has 2 aromatic carbocycles. The van der Waals surface area contributed by atoms with E-state index in [1.807, 2.05) is 44.2 Å². The van der Waals surface area contributed by atoms with Crippen molar-refractivity contribution in [3.05, 3.63) is 75.6 Å². The van der Waals surface area contributed by atoms with Gasteiger partial charge in [0.1, 0.15) is 11.8 Å². The fraction of sp³-hybridized carbons (Fsp3) is 0.111. The second-order valence-corrected chi connectivity index (χ2v) is 5.01. The number of hydrogen-bond acceptors (Lipinski definition) is 3. The van der Waals surface area contributed by atoms with Crippen LogP contribution in [-0.4, -0.2) is 6.21 Å². The van der Waals surface area contributed by atoms with E-state index in [1.165, 1.54) is 6.26 Å². The lowest BCUT2D eigenvalue weighted by Crippen LogP contribution is -2.07. The van der Waals surface area contributed by atoms with E-state index >= 15 is 0 Å². The molecule has 0 radical (unpaired) electrons. The summed E-state index contributed by atoms with van der Waals surface area (Å²) < 4.78 is 5.48. The summed E-state index contributed by atoms with van der Waals surface area (Å²) in [6.45, 7) is 4.01. The van der Waals surface area contributed by atoms with E-state index in [9.17, 15) is 4.79 Å². The molecule has 0 unspecified atom stereocenters. The van der Waals surface area contributed by atoms with Crippen LogP contribution in [0.15, 0.2) is 62.9 Å². The number of rotatable bonds is 2. The third-order valence-corrected chi connectivity index (χ3v) is 3.48. The number of benzene rings is 2. The molecule has 0 aliphatic carbocycles. The Labute approximate surface area is 122 Å². The smallest absolute Gasteiger partial charge is 0.201 e. The van der Waals surface area contributed by atoms with Gasteiger partial charge in [-0.25, -0.2) is 0 Å². The van der Waals surface area contributed by atoms with E-state index in [1.54, 1.807) is 18.3 Å². The molecule has 0 N–H and O–H groups in total. The zero-order chi connectivity index (χ0) is 14.8. The van der Waals surface area contributed by atoms with Crippen LogP contribution in [0.25, 0.3) is 11.0 Å². The molecular formula is C18H15NO2. The van der Waals surface area contributed by atoms with Crippen molar-refractivity contribution < 1.29 is 4.42 Å². The molecule has 0 bridgehead atoms. The summed E-state index contributed by atoms with van der Waals surface area (Å²) >= 11 is 0. The lowest BCUT2D eigenvalue weighted by atomic mass is 10.1. The first-order chi connectivity index (χ1) is 10.2. The Morgan fingerprint density at radius 1 is 1.00 bits per heavy atom. The SMILES string of the molecule is Cc1cccc(C)c1N=Cc1coc2ccccc2c1=O. The van der Waals surface area contributed by atoms with Gasteiger partial charge in [0.25, 0.3) is 0 Å². The van der Waals surface area contributed by atoms with Crippen LogP contribution < -0.4 is 5.43 Å². The maximum Gasteiger partial charge on any atom is 0.201 e. The van der Waals surface area contributed by atoms with E-state index in [2.05, 4.69) is 4.99 Å². The molecule has 1 aromatic heterocycles. The van der Waals surface area contributed by atoms with Crippen LogP contribution in [0.4, 0.5) is 5.69 Å². The van der Waals surface area contributed by atoms with Gasteiger partial charge < -0.3 is 4.42 Å². The zero-order valence-electron chi connectivity index (χ0n) is 12.0. The van der Waals surface area contributed by atoms with Gasteiger partial charge in [-0.1, -0.05) is 30.3 Å². The van der Waals surface area contributed by atoms with E-state index in [-0.39, 0.29) is 5.43 Å². The summed E-state index contributed by atoms with van der Waals surface area (Å²) in [5, 5.41) is 0.572. The molecule has 3 nitrogen and oxygen atoms in total. The van der Waals surface area contributed by atoms with Crippen molar-refractivity contribution >= 4 is 22.9 Å². The van der Waals surface area contributed by atoms with Crippen molar-refractivity contribution in [2.75, 3.05) is 0 Å². The number of nitrogens with zero attached hydrogens (tertiary/aromatic N) is 1. The molecule has 0 fully saturated rings. The van der Waals surface area contributed by atoms with Crippen LogP contribution in [0.3, 0.4) is 0 Å². The van der Waals surface area contributed by atoms with Crippen LogP contribution in [0.5, 0.6) is 0 Å². The van der Waals surface area contributed by atoms with Crippen LogP contribution in [0, 0.1) is 13.8 Å². The van der Waals surface area contributed by atoms with Crippen LogP contribution in [-0.2, 0) is 0 Å². The fourth-order valence-electron chi connectivity index (χ4n) is 2.33. The molecule has 0 aliphatic heterocycles. The van der Waals surface area contributed by atoms with Gasteiger partial charge in [-0.2, -0.15) is 0 Å². The average Bonchev–Trinajstić information content (AvgIpc) is 2.49. The van der Waals surface area contributed by atoms with Gasteiger partial charge in [0.15, 0.2) is 0 Å². The van der Waals surface area contributed by atoms with Crippen molar-refractivity contribution in [2.45, 2.75) is 13.8 Å². The van der Waals surface area contributed by atoms with Crippen molar-refractivity contribution in [3.8, 4) is 0 Å². The summed E-state index contributed by atoms with van der Waals surface area (Å²) in [7, 11) is 0. The van der Waals surface area contributed by atoms with Crippen LogP contribution in [0.2, 0.25) is 0 Å². The third kappa shape index (κ3) is 2.50. The van der Waals surface area contributed by atoms with E-state index in [0.717, 1.165) is 16.8 Å². The average molecular weight is 277 g/mol.